The molecule has 1 aromatic rings. The minimum absolute atomic E-state index is 0. The lowest BCUT2D eigenvalue weighted by atomic mass is 9.92. The zero-order valence-electron chi connectivity index (χ0n) is 21.2. The maximum absolute atomic E-state index is 14.6. The second-order valence-electron chi connectivity index (χ2n) is 8.49. The van der Waals surface area contributed by atoms with Crippen LogP contribution in [-0.4, -0.2) is 49.3 Å². The molecule has 3 rings (SSSR count). The summed E-state index contributed by atoms with van der Waals surface area (Å²) in [6, 6.07) is 4.74. The van der Waals surface area contributed by atoms with Crippen LogP contribution < -0.4 is 4.74 Å². The third-order valence-electron chi connectivity index (χ3n) is 6.29. The molecule has 2 heterocycles. The number of piperidine rings is 1. The van der Waals surface area contributed by atoms with Gasteiger partial charge in [-0.25, -0.2) is 9.38 Å². The van der Waals surface area contributed by atoms with Gasteiger partial charge in [0, 0.05) is 31.5 Å². The summed E-state index contributed by atoms with van der Waals surface area (Å²) >= 11 is 0. The van der Waals surface area contributed by atoms with E-state index in [9.17, 15) is 4.39 Å². The first kappa shape index (κ1) is 26.8. The van der Waals surface area contributed by atoms with Crippen molar-refractivity contribution in [3.8, 4) is 5.75 Å². The molecule has 1 fully saturated rings. The molecule has 0 radical (unpaired) electrons. The van der Waals surface area contributed by atoms with E-state index >= 15 is 0 Å². The molecule has 0 amide bonds. The van der Waals surface area contributed by atoms with Crippen LogP contribution in [0.3, 0.4) is 0 Å². The topological polar surface area (TPSA) is 28.1 Å². The molecule has 0 N–H and O–H groups in total. The number of ether oxygens (including phenoxy) is 1. The van der Waals surface area contributed by atoms with E-state index in [1.165, 1.54) is 44.8 Å². The van der Waals surface area contributed by atoms with Crippen LogP contribution >= 0.6 is 0 Å². The van der Waals surface area contributed by atoms with Crippen molar-refractivity contribution in [2.75, 3.05) is 33.8 Å². The highest BCUT2D eigenvalue weighted by Crippen LogP contribution is 2.30. The lowest BCUT2D eigenvalue weighted by Gasteiger charge is -2.32. The fraction of sp³-hybridized carbons (Fsp3) is 0.536. The van der Waals surface area contributed by atoms with E-state index in [2.05, 4.69) is 24.5 Å². The maximum atomic E-state index is 14.6. The van der Waals surface area contributed by atoms with Crippen molar-refractivity contribution in [2.45, 2.75) is 59.3 Å². The molecule has 0 spiro atoms. The Bertz CT molecular complexity index is 857. The van der Waals surface area contributed by atoms with Gasteiger partial charge in [-0.15, -0.1) is 0 Å². The van der Waals surface area contributed by atoms with Crippen molar-refractivity contribution in [3.05, 3.63) is 60.3 Å². The summed E-state index contributed by atoms with van der Waals surface area (Å²) in [4.78, 5) is 9.37. The van der Waals surface area contributed by atoms with E-state index in [1.807, 2.05) is 32.0 Å². The summed E-state index contributed by atoms with van der Waals surface area (Å²) in [6.45, 7) is 13.8. The Hall–Kier alpha value is -2.40. The monoisotopic (exact) mass is 457 g/mol. The lowest BCUT2D eigenvalue weighted by Crippen LogP contribution is -2.34. The minimum Gasteiger partial charge on any atom is -0.497 e. The van der Waals surface area contributed by atoms with Crippen LogP contribution in [0.2, 0.25) is 0 Å². The predicted molar refractivity (Wildman–Crippen MR) is 141 cm³/mol. The zero-order chi connectivity index (χ0) is 24.2. The molecule has 33 heavy (non-hydrogen) atoms. The molecule has 1 aromatic carbocycles. The van der Waals surface area contributed by atoms with Crippen molar-refractivity contribution < 1.29 is 10.6 Å². The predicted octanol–water partition coefficient (Wildman–Crippen LogP) is 7.15. The van der Waals surface area contributed by atoms with E-state index in [-0.39, 0.29) is 7.24 Å². The van der Waals surface area contributed by atoms with Crippen LogP contribution in [0.4, 0.5) is 4.39 Å². The third-order valence-corrected chi connectivity index (χ3v) is 6.29. The summed E-state index contributed by atoms with van der Waals surface area (Å²) in [5, 5.41) is 0. The Morgan fingerprint density at radius 1 is 1.30 bits per heavy atom. The normalized spacial score (nSPS) is 18.4. The first-order valence-corrected chi connectivity index (χ1v) is 12.5. The van der Waals surface area contributed by atoms with Crippen LogP contribution in [0.15, 0.2) is 53.9 Å². The number of hydrogen-bond donors (Lipinski definition) is 0. The smallest absolute Gasteiger partial charge is 0.140 e. The highest BCUT2D eigenvalue weighted by molar-refractivity contribution is 5.97. The Labute approximate surface area is 202 Å². The fourth-order valence-electron chi connectivity index (χ4n) is 4.46. The minimum atomic E-state index is -0.311. The summed E-state index contributed by atoms with van der Waals surface area (Å²) < 4.78 is 19.9. The molecule has 0 unspecified atom stereocenters. The number of rotatable bonds is 9. The van der Waals surface area contributed by atoms with Crippen molar-refractivity contribution >= 4 is 11.3 Å². The number of methoxy groups -OCH3 is 1. The molecule has 2 aliphatic rings. The number of halogens is 1. The van der Waals surface area contributed by atoms with Gasteiger partial charge in [-0.1, -0.05) is 46.3 Å². The molecule has 1 saturated heterocycles. The molecule has 0 atom stereocenters. The molecule has 5 heteroatoms. The number of benzene rings is 1. The summed E-state index contributed by atoms with van der Waals surface area (Å²) in [5.74, 6) is 1.93. The van der Waals surface area contributed by atoms with Crippen LogP contribution in [0.1, 0.15) is 66.3 Å². The van der Waals surface area contributed by atoms with Crippen molar-refractivity contribution in [2.24, 2.45) is 10.9 Å². The standard InChI is InChI=1S/C26H36FN3O.C2H6.H2/c1-5-8-20-12-17-30(18-13-20)15-7-9-21-14-16-29(3)26(28-21)23(6-2)24-19-22(31-4)10-11-25(24)27;1-2;/h6,10-11,14,16,19-20H,2,5,7-9,12-13,15,17-18H2,1,3-4H3;1-2H3;1H/b26-23+;;. The molecule has 184 valence electrons. The van der Waals surface area contributed by atoms with Gasteiger partial charge in [-0.05, 0) is 75.5 Å². The molecular formula is C28H44FN3O. The number of nitrogens with zero attached hydrogens (tertiary/aromatic N) is 3. The Balaban J connectivity index is 0.00000188. The van der Waals surface area contributed by atoms with Gasteiger partial charge in [0.25, 0.3) is 0 Å². The molecule has 0 bridgehead atoms. The molecule has 0 saturated carbocycles. The van der Waals surface area contributed by atoms with Gasteiger partial charge in [-0.2, -0.15) is 0 Å². The number of aliphatic imine (C=N–C) groups is 1. The average molecular weight is 458 g/mol. The second-order valence-corrected chi connectivity index (χ2v) is 8.49. The maximum Gasteiger partial charge on any atom is 0.140 e. The van der Waals surface area contributed by atoms with E-state index in [0.29, 0.717) is 22.7 Å². The Morgan fingerprint density at radius 3 is 2.67 bits per heavy atom. The first-order chi connectivity index (χ1) is 16.0. The van der Waals surface area contributed by atoms with Crippen molar-refractivity contribution in [1.82, 2.24) is 9.80 Å². The van der Waals surface area contributed by atoms with E-state index in [0.717, 1.165) is 31.0 Å². The second kappa shape index (κ2) is 14.0. The summed E-state index contributed by atoms with van der Waals surface area (Å²) in [6.07, 6.45) is 13.1. The Kier molecular flexibility index (Phi) is 11.4. The molecule has 0 aromatic heterocycles. The largest absolute Gasteiger partial charge is 0.497 e. The number of hydrogen-bond acceptors (Lipinski definition) is 4. The molecular weight excluding hydrogens is 413 g/mol. The average Bonchev–Trinajstić information content (AvgIpc) is 2.85. The molecule has 2 aliphatic heterocycles. The SMILES string of the molecule is C=C/C(=C1/N=C(CCCN2CCC(CCC)CC2)C=CN1C)c1cc(OC)ccc1F.CC.[HH]. The first-order valence-electron chi connectivity index (χ1n) is 12.5. The number of likely N-dealkylation sites (tertiary alicyclic amines) is 1. The van der Waals surface area contributed by atoms with Gasteiger partial charge in [0.15, 0.2) is 0 Å². The zero-order valence-corrected chi connectivity index (χ0v) is 21.2. The quantitative estimate of drug-likeness (QED) is 0.394. The van der Waals surface area contributed by atoms with Crippen LogP contribution in [-0.2, 0) is 0 Å². The molecule has 4 nitrogen and oxygen atoms in total. The van der Waals surface area contributed by atoms with Crippen molar-refractivity contribution in [1.29, 1.82) is 0 Å². The molecule has 0 aliphatic carbocycles. The fourth-order valence-corrected chi connectivity index (χ4v) is 4.46. The van der Waals surface area contributed by atoms with Crippen LogP contribution in [0.25, 0.3) is 5.57 Å². The van der Waals surface area contributed by atoms with Gasteiger partial charge < -0.3 is 14.5 Å². The summed E-state index contributed by atoms with van der Waals surface area (Å²) in [5.41, 5.74) is 2.14. The highest BCUT2D eigenvalue weighted by atomic mass is 19.1. The lowest BCUT2D eigenvalue weighted by molar-refractivity contribution is 0.178. The highest BCUT2D eigenvalue weighted by Gasteiger charge is 2.19. The van der Waals surface area contributed by atoms with E-state index in [1.54, 1.807) is 25.3 Å². The third kappa shape index (κ3) is 7.56. The van der Waals surface area contributed by atoms with Gasteiger partial charge in [-0.3, -0.25) is 0 Å². The van der Waals surface area contributed by atoms with Crippen LogP contribution in [0.5, 0.6) is 5.75 Å². The van der Waals surface area contributed by atoms with E-state index in [4.69, 9.17) is 9.73 Å². The van der Waals surface area contributed by atoms with E-state index < -0.39 is 0 Å². The van der Waals surface area contributed by atoms with Gasteiger partial charge in [0.05, 0.1) is 7.11 Å². The van der Waals surface area contributed by atoms with Crippen molar-refractivity contribution in [3.63, 3.8) is 0 Å². The van der Waals surface area contributed by atoms with Gasteiger partial charge in [0.2, 0.25) is 0 Å². The van der Waals surface area contributed by atoms with Gasteiger partial charge in [0.1, 0.15) is 17.4 Å². The summed E-state index contributed by atoms with van der Waals surface area (Å²) in [7, 11) is 3.50. The van der Waals surface area contributed by atoms with Crippen LogP contribution in [0, 0.1) is 11.7 Å². The Morgan fingerprint density at radius 2 is 2.03 bits per heavy atom. The number of allylic oxidation sites excluding steroid dienone is 3. The van der Waals surface area contributed by atoms with Gasteiger partial charge >= 0.3 is 0 Å².